The van der Waals surface area contributed by atoms with Gasteiger partial charge in [0.2, 0.25) is 0 Å². The molecule has 0 amide bonds. The SMILES string of the molecule is FC(F)(F)CCn1nnnc1CNC1CC1. The van der Waals surface area contributed by atoms with E-state index in [1.165, 1.54) is 4.68 Å². The number of rotatable bonds is 5. The second-order valence-corrected chi connectivity index (χ2v) is 3.84. The highest BCUT2D eigenvalue weighted by Gasteiger charge is 2.27. The number of nitrogens with one attached hydrogen (secondary N) is 1. The third-order valence-electron chi connectivity index (χ3n) is 2.34. The van der Waals surface area contributed by atoms with Crippen molar-refractivity contribution in [2.75, 3.05) is 0 Å². The van der Waals surface area contributed by atoms with Crippen molar-refractivity contribution in [3.8, 4) is 0 Å². The van der Waals surface area contributed by atoms with Gasteiger partial charge in [-0.15, -0.1) is 5.10 Å². The molecule has 0 saturated heterocycles. The Bertz CT molecular complexity index is 344. The predicted octanol–water partition coefficient (Wildman–Crippen LogP) is 0.877. The Morgan fingerprint density at radius 3 is 2.75 bits per heavy atom. The van der Waals surface area contributed by atoms with Crippen molar-refractivity contribution in [2.45, 2.75) is 44.6 Å². The number of hydrogen-bond acceptors (Lipinski definition) is 4. The maximum absolute atomic E-state index is 12.0. The van der Waals surface area contributed by atoms with Crippen molar-refractivity contribution in [3.63, 3.8) is 0 Å². The molecule has 16 heavy (non-hydrogen) atoms. The van der Waals surface area contributed by atoms with Gasteiger partial charge in [0, 0.05) is 6.04 Å². The Morgan fingerprint density at radius 1 is 1.38 bits per heavy atom. The average Bonchev–Trinajstić information content (AvgIpc) is 2.90. The number of nitrogens with zero attached hydrogens (tertiary/aromatic N) is 4. The van der Waals surface area contributed by atoms with Crippen LogP contribution in [-0.2, 0) is 13.1 Å². The molecular formula is C8H12F3N5. The van der Waals surface area contributed by atoms with Gasteiger partial charge in [-0.25, -0.2) is 4.68 Å². The molecule has 1 fully saturated rings. The van der Waals surface area contributed by atoms with Crippen LogP contribution in [0.3, 0.4) is 0 Å². The first-order valence-electron chi connectivity index (χ1n) is 5.10. The summed E-state index contributed by atoms with van der Waals surface area (Å²) < 4.78 is 37.2. The van der Waals surface area contributed by atoms with Crippen molar-refractivity contribution in [2.24, 2.45) is 0 Å². The Balaban J connectivity index is 1.85. The Kier molecular flexibility index (Phi) is 3.08. The summed E-state index contributed by atoms with van der Waals surface area (Å²) in [5.41, 5.74) is 0. The van der Waals surface area contributed by atoms with Gasteiger partial charge < -0.3 is 5.32 Å². The standard InChI is InChI=1S/C8H12F3N5/c9-8(10,11)3-4-16-7(13-14-15-16)5-12-6-1-2-6/h6,12H,1-5H2. The van der Waals surface area contributed by atoms with Crippen LogP contribution >= 0.6 is 0 Å². The minimum atomic E-state index is -4.17. The third-order valence-corrected chi connectivity index (χ3v) is 2.34. The molecule has 0 unspecified atom stereocenters. The van der Waals surface area contributed by atoms with E-state index in [2.05, 4.69) is 20.8 Å². The molecule has 0 atom stereocenters. The molecule has 90 valence electrons. The van der Waals surface area contributed by atoms with Crippen molar-refractivity contribution < 1.29 is 13.2 Å². The number of alkyl halides is 3. The van der Waals surface area contributed by atoms with Crippen LogP contribution in [0.25, 0.3) is 0 Å². The number of halogens is 3. The number of aromatic nitrogens is 4. The summed E-state index contributed by atoms with van der Waals surface area (Å²) in [6.07, 6.45) is -2.85. The zero-order valence-corrected chi connectivity index (χ0v) is 8.54. The number of hydrogen-bond donors (Lipinski definition) is 1. The van der Waals surface area contributed by atoms with Crippen LogP contribution in [0.1, 0.15) is 25.1 Å². The molecule has 0 bridgehead atoms. The number of tetrazole rings is 1. The van der Waals surface area contributed by atoms with Crippen LogP contribution in [0.4, 0.5) is 13.2 Å². The summed E-state index contributed by atoms with van der Waals surface area (Å²) in [5.74, 6) is 0.455. The van der Waals surface area contributed by atoms with Gasteiger partial charge in [0.1, 0.15) is 0 Å². The van der Waals surface area contributed by atoms with Crippen LogP contribution in [0.15, 0.2) is 0 Å². The lowest BCUT2D eigenvalue weighted by atomic mass is 10.4. The molecule has 1 N–H and O–H groups in total. The summed E-state index contributed by atoms with van der Waals surface area (Å²) >= 11 is 0. The zero-order chi connectivity index (χ0) is 11.6. The molecule has 0 aliphatic heterocycles. The van der Waals surface area contributed by atoms with E-state index in [-0.39, 0.29) is 6.54 Å². The summed E-state index contributed by atoms with van der Waals surface area (Å²) in [6.45, 7) is 0.202. The fraction of sp³-hybridized carbons (Fsp3) is 0.875. The van der Waals surface area contributed by atoms with Gasteiger partial charge in [-0.1, -0.05) is 0 Å². The monoisotopic (exact) mass is 235 g/mol. The molecule has 1 aliphatic carbocycles. The molecule has 1 saturated carbocycles. The fourth-order valence-electron chi connectivity index (χ4n) is 1.28. The molecule has 1 aliphatic rings. The van der Waals surface area contributed by atoms with E-state index < -0.39 is 12.6 Å². The quantitative estimate of drug-likeness (QED) is 0.823. The first kappa shape index (κ1) is 11.3. The van der Waals surface area contributed by atoms with Crippen LogP contribution in [0.5, 0.6) is 0 Å². The van der Waals surface area contributed by atoms with Gasteiger partial charge in [0.25, 0.3) is 0 Å². The Labute approximate surface area is 90.0 Å². The normalized spacial score (nSPS) is 16.7. The van der Waals surface area contributed by atoms with E-state index in [1.54, 1.807) is 0 Å². The summed E-state index contributed by atoms with van der Waals surface area (Å²) in [4.78, 5) is 0. The summed E-state index contributed by atoms with van der Waals surface area (Å²) in [6, 6.07) is 0.479. The molecule has 8 heteroatoms. The van der Waals surface area contributed by atoms with E-state index in [1.807, 2.05) is 0 Å². The molecule has 1 aromatic heterocycles. The van der Waals surface area contributed by atoms with Gasteiger partial charge in [-0.05, 0) is 23.3 Å². The van der Waals surface area contributed by atoms with Crippen LogP contribution in [0.2, 0.25) is 0 Å². The maximum atomic E-state index is 12.0. The largest absolute Gasteiger partial charge is 0.390 e. The molecule has 2 rings (SSSR count). The van der Waals surface area contributed by atoms with Gasteiger partial charge in [0.05, 0.1) is 19.5 Å². The van der Waals surface area contributed by atoms with Gasteiger partial charge in [-0.3, -0.25) is 0 Å². The second kappa shape index (κ2) is 4.36. The minimum absolute atomic E-state index is 0.224. The Morgan fingerprint density at radius 2 is 2.12 bits per heavy atom. The lowest BCUT2D eigenvalue weighted by Gasteiger charge is -2.07. The fourth-order valence-corrected chi connectivity index (χ4v) is 1.28. The highest BCUT2D eigenvalue weighted by atomic mass is 19.4. The Hall–Kier alpha value is -1.18. The van der Waals surface area contributed by atoms with E-state index in [4.69, 9.17) is 0 Å². The van der Waals surface area contributed by atoms with Gasteiger partial charge >= 0.3 is 6.18 Å². The zero-order valence-electron chi connectivity index (χ0n) is 8.54. The van der Waals surface area contributed by atoms with E-state index >= 15 is 0 Å². The third kappa shape index (κ3) is 3.44. The highest BCUT2D eigenvalue weighted by Crippen LogP contribution is 2.21. The molecule has 0 spiro atoms. The first-order valence-corrected chi connectivity index (χ1v) is 5.10. The second-order valence-electron chi connectivity index (χ2n) is 3.84. The van der Waals surface area contributed by atoms with Crippen LogP contribution in [0, 0.1) is 0 Å². The molecule has 5 nitrogen and oxygen atoms in total. The molecule has 1 heterocycles. The smallest absolute Gasteiger partial charge is 0.307 e. The lowest BCUT2D eigenvalue weighted by Crippen LogP contribution is -2.21. The van der Waals surface area contributed by atoms with E-state index in [0.29, 0.717) is 18.4 Å². The minimum Gasteiger partial charge on any atom is -0.307 e. The number of aryl methyl sites for hydroxylation is 1. The van der Waals surface area contributed by atoms with Crippen molar-refractivity contribution >= 4 is 0 Å². The highest BCUT2D eigenvalue weighted by molar-refractivity contribution is 4.86. The topological polar surface area (TPSA) is 55.6 Å². The van der Waals surface area contributed by atoms with Crippen molar-refractivity contribution in [1.82, 2.24) is 25.5 Å². The molecule has 1 aromatic rings. The molecule has 0 radical (unpaired) electrons. The van der Waals surface area contributed by atoms with Crippen LogP contribution < -0.4 is 5.32 Å². The summed E-state index contributed by atoms with van der Waals surface area (Å²) in [5, 5.41) is 13.8. The predicted molar refractivity (Wildman–Crippen MR) is 48.4 cm³/mol. The van der Waals surface area contributed by atoms with Gasteiger partial charge in [0.15, 0.2) is 5.82 Å². The molecular weight excluding hydrogens is 223 g/mol. The maximum Gasteiger partial charge on any atom is 0.390 e. The molecule has 0 aromatic carbocycles. The van der Waals surface area contributed by atoms with E-state index in [9.17, 15) is 13.2 Å². The van der Waals surface area contributed by atoms with Crippen LogP contribution in [-0.4, -0.2) is 32.4 Å². The average molecular weight is 235 g/mol. The summed E-state index contributed by atoms with van der Waals surface area (Å²) in [7, 11) is 0. The van der Waals surface area contributed by atoms with Crippen molar-refractivity contribution in [1.29, 1.82) is 0 Å². The lowest BCUT2D eigenvalue weighted by molar-refractivity contribution is -0.137. The van der Waals surface area contributed by atoms with Crippen molar-refractivity contribution in [3.05, 3.63) is 5.82 Å². The van der Waals surface area contributed by atoms with E-state index in [0.717, 1.165) is 12.8 Å². The first-order chi connectivity index (χ1) is 7.54. The van der Waals surface area contributed by atoms with Gasteiger partial charge in [-0.2, -0.15) is 13.2 Å².